The molecule has 2 N–H and O–H groups in total. The second kappa shape index (κ2) is 10.7. The van der Waals surface area contributed by atoms with Crippen molar-refractivity contribution in [3.8, 4) is 5.75 Å². The second-order valence-corrected chi connectivity index (χ2v) is 8.02. The van der Waals surface area contributed by atoms with Crippen molar-refractivity contribution in [1.82, 2.24) is 10.6 Å². The van der Waals surface area contributed by atoms with Crippen molar-refractivity contribution in [1.29, 1.82) is 0 Å². The summed E-state index contributed by atoms with van der Waals surface area (Å²) in [4.78, 5) is 25.1. The number of carbonyl (C=O) groups is 2. The molecule has 5 nitrogen and oxygen atoms in total. The normalized spacial score (nSPS) is 13.1. The summed E-state index contributed by atoms with van der Waals surface area (Å²) in [6.45, 7) is 1.46. The number of ketones is 1. The van der Waals surface area contributed by atoms with Crippen LogP contribution in [0.25, 0.3) is 0 Å². The standard InChI is InChI=1S/C27H28N2O3/c30-25(21-9-5-2-6-10-21)19-29-24(17-20-7-3-1-4-8-20)13-15-28-27(31)23-11-12-26-22(18-23)14-16-32-26/h1-12,18,24,29H,13-17,19H2,(H,28,31)/t24-/m1/s1. The highest BCUT2D eigenvalue weighted by Gasteiger charge is 2.16. The summed E-state index contributed by atoms with van der Waals surface area (Å²) in [6, 6.07) is 25.1. The molecule has 0 fully saturated rings. The molecule has 0 saturated carbocycles. The van der Waals surface area contributed by atoms with E-state index in [1.165, 1.54) is 5.56 Å². The first-order chi connectivity index (χ1) is 15.7. The summed E-state index contributed by atoms with van der Waals surface area (Å²) in [5, 5.41) is 6.42. The van der Waals surface area contributed by atoms with E-state index >= 15 is 0 Å². The van der Waals surface area contributed by atoms with Crippen LogP contribution in [0.15, 0.2) is 78.9 Å². The van der Waals surface area contributed by atoms with Crippen LogP contribution in [0.3, 0.4) is 0 Å². The smallest absolute Gasteiger partial charge is 0.251 e. The third-order valence-corrected chi connectivity index (χ3v) is 5.70. The molecule has 0 saturated heterocycles. The molecule has 164 valence electrons. The van der Waals surface area contributed by atoms with Gasteiger partial charge in [0.25, 0.3) is 5.91 Å². The summed E-state index contributed by atoms with van der Waals surface area (Å²) >= 11 is 0. The van der Waals surface area contributed by atoms with Crippen LogP contribution in [0, 0.1) is 0 Å². The molecule has 0 aromatic heterocycles. The Morgan fingerprint density at radius 1 is 0.906 bits per heavy atom. The molecule has 1 atom stereocenters. The van der Waals surface area contributed by atoms with Gasteiger partial charge in [-0.1, -0.05) is 60.7 Å². The van der Waals surface area contributed by atoms with Crippen molar-refractivity contribution in [3.05, 3.63) is 101 Å². The molecule has 0 radical (unpaired) electrons. The highest BCUT2D eigenvalue weighted by molar-refractivity contribution is 5.97. The van der Waals surface area contributed by atoms with Crippen LogP contribution in [-0.2, 0) is 12.8 Å². The zero-order valence-corrected chi connectivity index (χ0v) is 18.1. The molecule has 0 unspecified atom stereocenters. The highest BCUT2D eigenvalue weighted by atomic mass is 16.5. The van der Waals surface area contributed by atoms with Gasteiger partial charge in [0, 0.05) is 30.1 Å². The van der Waals surface area contributed by atoms with E-state index in [-0.39, 0.29) is 24.3 Å². The first kappa shape index (κ1) is 21.8. The number of fused-ring (bicyclic) bond motifs is 1. The van der Waals surface area contributed by atoms with Crippen LogP contribution in [0.5, 0.6) is 5.75 Å². The molecule has 1 heterocycles. The molecular weight excluding hydrogens is 400 g/mol. The Hall–Kier alpha value is -3.44. The highest BCUT2D eigenvalue weighted by Crippen LogP contribution is 2.25. The average Bonchev–Trinajstić information content (AvgIpc) is 3.31. The van der Waals surface area contributed by atoms with Crippen molar-refractivity contribution in [2.75, 3.05) is 19.7 Å². The quantitative estimate of drug-likeness (QED) is 0.482. The van der Waals surface area contributed by atoms with E-state index in [0.29, 0.717) is 24.3 Å². The Labute approximate surface area is 188 Å². The van der Waals surface area contributed by atoms with Gasteiger partial charge in [-0.3, -0.25) is 9.59 Å². The third kappa shape index (κ3) is 5.83. The lowest BCUT2D eigenvalue weighted by molar-refractivity contribution is 0.0946. The fourth-order valence-electron chi connectivity index (χ4n) is 3.93. The maximum atomic E-state index is 12.6. The van der Waals surface area contributed by atoms with Crippen molar-refractivity contribution < 1.29 is 14.3 Å². The zero-order chi connectivity index (χ0) is 22.2. The minimum Gasteiger partial charge on any atom is -0.493 e. The van der Waals surface area contributed by atoms with Gasteiger partial charge in [-0.05, 0) is 42.2 Å². The Bertz CT molecular complexity index is 1050. The second-order valence-electron chi connectivity index (χ2n) is 8.02. The van der Waals surface area contributed by atoms with Crippen LogP contribution in [0.2, 0.25) is 0 Å². The molecule has 5 heteroatoms. The van der Waals surface area contributed by atoms with Crippen LogP contribution in [0.1, 0.15) is 38.3 Å². The Morgan fingerprint density at radius 2 is 1.66 bits per heavy atom. The summed E-state index contributed by atoms with van der Waals surface area (Å²) in [7, 11) is 0. The molecule has 3 aromatic carbocycles. The number of nitrogens with one attached hydrogen (secondary N) is 2. The molecule has 32 heavy (non-hydrogen) atoms. The number of ether oxygens (including phenoxy) is 1. The number of amides is 1. The number of rotatable bonds is 10. The maximum Gasteiger partial charge on any atom is 0.251 e. The van der Waals surface area contributed by atoms with E-state index in [9.17, 15) is 9.59 Å². The molecule has 1 aliphatic rings. The number of benzene rings is 3. The molecule has 3 aromatic rings. The average molecular weight is 429 g/mol. The van der Waals surface area contributed by atoms with Crippen molar-refractivity contribution >= 4 is 11.7 Å². The predicted octanol–water partition coefficient (Wildman–Crippen LogP) is 3.83. The summed E-state index contributed by atoms with van der Waals surface area (Å²) in [6.07, 6.45) is 2.35. The lowest BCUT2D eigenvalue weighted by Gasteiger charge is -2.19. The number of hydrogen-bond donors (Lipinski definition) is 2. The summed E-state index contributed by atoms with van der Waals surface area (Å²) in [5.41, 5.74) is 3.64. The monoisotopic (exact) mass is 428 g/mol. The van der Waals surface area contributed by atoms with Gasteiger partial charge >= 0.3 is 0 Å². The van der Waals surface area contributed by atoms with Crippen molar-refractivity contribution in [2.45, 2.75) is 25.3 Å². The van der Waals surface area contributed by atoms with Gasteiger partial charge in [-0.2, -0.15) is 0 Å². The van der Waals surface area contributed by atoms with Gasteiger partial charge in [0.15, 0.2) is 5.78 Å². The summed E-state index contributed by atoms with van der Waals surface area (Å²) in [5.74, 6) is 0.850. The van der Waals surface area contributed by atoms with Crippen LogP contribution in [-0.4, -0.2) is 37.4 Å². The zero-order valence-electron chi connectivity index (χ0n) is 18.1. The molecule has 0 bridgehead atoms. The van der Waals surface area contributed by atoms with Crippen LogP contribution >= 0.6 is 0 Å². The molecule has 0 aliphatic carbocycles. The Balaban J connectivity index is 1.33. The number of Topliss-reactive ketones (excluding diaryl/α,β-unsaturated/α-hetero) is 1. The fourth-order valence-corrected chi connectivity index (χ4v) is 3.93. The number of hydrogen-bond acceptors (Lipinski definition) is 4. The van der Waals surface area contributed by atoms with Crippen LogP contribution in [0.4, 0.5) is 0 Å². The third-order valence-electron chi connectivity index (χ3n) is 5.70. The van der Waals surface area contributed by atoms with Crippen molar-refractivity contribution in [3.63, 3.8) is 0 Å². The van der Waals surface area contributed by atoms with E-state index in [2.05, 4.69) is 22.8 Å². The maximum absolute atomic E-state index is 12.6. The molecule has 0 spiro atoms. The SMILES string of the molecule is O=C(CN[C@H](CCNC(=O)c1ccc2c(c1)CCO2)Cc1ccccc1)c1ccccc1. The Morgan fingerprint density at radius 3 is 2.44 bits per heavy atom. The minimum absolute atomic E-state index is 0.0630. The van der Waals surface area contributed by atoms with E-state index in [1.807, 2.05) is 60.7 Å². The first-order valence-electron chi connectivity index (χ1n) is 11.1. The predicted molar refractivity (Wildman–Crippen MR) is 125 cm³/mol. The van der Waals surface area contributed by atoms with E-state index in [4.69, 9.17) is 4.74 Å². The molecule has 1 aliphatic heterocycles. The van der Waals surface area contributed by atoms with Crippen LogP contribution < -0.4 is 15.4 Å². The van der Waals surface area contributed by atoms with Gasteiger partial charge in [-0.15, -0.1) is 0 Å². The van der Waals surface area contributed by atoms with Crippen molar-refractivity contribution in [2.24, 2.45) is 0 Å². The largest absolute Gasteiger partial charge is 0.493 e. The lowest BCUT2D eigenvalue weighted by atomic mass is 10.0. The summed E-state index contributed by atoms with van der Waals surface area (Å²) < 4.78 is 5.51. The van der Waals surface area contributed by atoms with Gasteiger partial charge < -0.3 is 15.4 Å². The van der Waals surface area contributed by atoms with Gasteiger partial charge in [0.1, 0.15) is 5.75 Å². The van der Waals surface area contributed by atoms with Gasteiger partial charge in [0.2, 0.25) is 0 Å². The minimum atomic E-state index is -0.0847. The van der Waals surface area contributed by atoms with E-state index < -0.39 is 0 Å². The molecular formula is C27H28N2O3. The lowest BCUT2D eigenvalue weighted by Crippen LogP contribution is -2.38. The van der Waals surface area contributed by atoms with Gasteiger partial charge in [-0.25, -0.2) is 0 Å². The topological polar surface area (TPSA) is 67.4 Å². The number of carbonyl (C=O) groups excluding carboxylic acids is 2. The molecule has 4 rings (SSSR count). The Kier molecular flexibility index (Phi) is 7.31. The molecule has 1 amide bonds. The van der Waals surface area contributed by atoms with E-state index in [1.54, 1.807) is 6.07 Å². The fraction of sp³-hybridized carbons (Fsp3) is 0.259. The first-order valence-corrected chi connectivity index (χ1v) is 11.1. The van der Waals surface area contributed by atoms with Gasteiger partial charge in [0.05, 0.1) is 13.2 Å². The van der Waals surface area contributed by atoms with E-state index in [0.717, 1.165) is 30.6 Å².